The summed E-state index contributed by atoms with van der Waals surface area (Å²) in [6, 6.07) is 8.54. The van der Waals surface area contributed by atoms with Gasteiger partial charge in [-0.05, 0) is 25.5 Å². The molecule has 2 unspecified atom stereocenters. The molecule has 0 radical (unpaired) electrons. The van der Waals surface area contributed by atoms with Crippen molar-refractivity contribution in [3.05, 3.63) is 35.4 Å². The van der Waals surface area contributed by atoms with Gasteiger partial charge in [-0.1, -0.05) is 36.8 Å². The lowest BCUT2D eigenvalue weighted by Crippen LogP contribution is -2.20. The molecule has 2 nitrogen and oxygen atoms in total. The zero-order chi connectivity index (χ0) is 12.0. The summed E-state index contributed by atoms with van der Waals surface area (Å²) in [5, 5.41) is 3.66. The Hall–Kier alpha value is -0.670. The average Bonchev–Trinajstić information content (AvgIpc) is 2.26. The van der Waals surface area contributed by atoms with Crippen molar-refractivity contribution in [2.45, 2.75) is 32.1 Å². The van der Waals surface area contributed by atoms with E-state index in [9.17, 15) is 4.21 Å². The van der Waals surface area contributed by atoms with Gasteiger partial charge in [0.2, 0.25) is 0 Å². The van der Waals surface area contributed by atoms with E-state index in [0.29, 0.717) is 0 Å². The van der Waals surface area contributed by atoms with Gasteiger partial charge in [-0.15, -0.1) is 0 Å². The Kier molecular flexibility index (Phi) is 5.71. The highest BCUT2D eigenvalue weighted by Crippen LogP contribution is 2.03. The van der Waals surface area contributed by atoms with Crippen molar-refractivity contribution in [1.29, 1.82) is 0 Å². The molecule has 0 aliphatic rings. The molecule has 90 valence electrons. The Bertz CT molecular complexity index is 334. The van der Waals surface area contributed by atoms with Crippen molar-refractivity contribution in [1.82, 2.24) is 5.32 Å². The molecule has 0 aliphatic heterocycles. The maximum Gasteiger partial charge on any atom is 0.0329 e. The van der Waals surface area contributed by atoms with Crippen LogP contribution in [-0.2, 0) is 17.3 Å². The van der Waals surface area contributed by atoms with E-state index in [1.807, 2.05) is 6.92 Å². The largest absolute Gasteiger partial charge is 0.313 e. The molecular formula is C13H21NOS. The van der Waals surface area contributed by atoms with Crippen molar-refractivity contribution >= 4 is 10.8 Å². The van der Waals surface area contributed by atoms with E-state index in [-0.39, 0.29) is 5.25 Å². The van der Waals surface area contributed by atoms with Crippen LogP contribution in [0.5, 0.6) is 0 Å². The van der Waals surface area contributed by atoms with Gasteiger partial charge in [0.15, 0.2) is 0 Å². The maximum atomic E-state index is 11.1. The van der Waals surface area contributed by atoms with Crippen molar-refractivity contribution < 1.29 is 4.21 Å². The van der Waals surface area contributed by atoms with E-state index in [2.05, 4.69) is 36.5 Å². The minimum absolute atomic E-state index is 0.283. The van der Waals surface area contributed by atoms with Gasteiger partial charge in [0.25, 0.3) is 0 Å². The number of rotatable bonds is 6. The normalized spacial score (nSPS) is 14.7. The van der Waals surface area contributed by atoms with Gasteiger partial charge in [0, 0.05) is 28.9 Å². The Morgan fingerprint density at radius 1 is 1.31 bits per heavy atom. The van der Waals surface area contributed by atoms with Gasteiger partial charge in [0.1, 0.15) is 0 Å². The summed E-state index contributed by atoms with van der Waals surface area (Å²) in [5.74, 6) is 0. The summed E-state index contributed by atoms with van der Waals surface area (Å²) in [5.41, 5.74) is 2.59. The van der Waals surface area contributed by atoms with Crippen molar-refractivity contribution in [2.24, 2.45) is 0 Å². The molecule has 1 N–H and O–H groups in total. The van der Waals surface area contributed by atoms with E-state index < -0.39 is 10.8 Å². The van der Waals surface area contributed by atoms with Crippen LogP contribution in [-0.4, -0.2) is 22.3 Å². The van der Waals surface area contributed by atoms with Crippen LogP contribution in [0.25, 0.3) is 0 Å². The summed E-state index contributed by atoms with van der Waals surface area (Å²) in [4.78, 5) is 0. The van der Waals surface area contributed by atoms with Gasteiger partial charge < -0.3 is 5.32 Å². The van der Waals surface area contributed by atoms with Gasteiger partial charge >= 0.3 is 0 Å². The van der Waals surface area contributed by atoms with Crippen LogP contribution < -0.4 is 5.32 Å². The summed E-state index contributed by atoms with van der Waals surface area (Å²) in [6.45, 7) is 5.94. The van der Waals surface area contributed by atoms with Crippen LogP contribution in [0.3, 0.4) is 0 Å². The third-order valence-electron chi connectivity index (χ3n) is 2.74. The Balaban J connectivity index is 2.21. The second kappa shape index (κ2) is 6.81. The lowest BCUT2D eigenvalue weighted by atomic mass is 10.1. The van der Waals surface area contributed by atoms with E-state index in [1.54, 1.807) is 6.26 Å². The molecule has 0 aliphatic carbocycles. The van der Waals surface area contributed by atoms with Gasteiger partial charge in [-0.25, -0.2) is 0 Å². The fourth-order valence-electron chi connectivity index (χ4n) is 1.41. The van der Waals surface area contributed by atoms with Crippen molar-refractivity contribution in [3.63, 3.8) is 0 Å². The first kappa shape index (κ1) is 13.4. The molecule has 16 heavy (non-hydrogen) atoms. The highest BCUT2D eigenvalue weighted by molar-refractivity contribution is 7.84. The standard InChI is InChI=1S/C13H21NOS/c1-11-4-6-13(7-5-11)10-14-9-8-12(2)16(3)15/h4-7,12,14H,8-10H2,1-3H3. The summed E-state index contributed by atoms with van der Waals surface area (Å²) >= 11 is 0. The molecule has 3 heteroatoms. The molecule has 0 saturated carbocycles. The first-order valence-electron chi connectivity index (χ1n) is 5.68. The Labute approximate surface area is 101 Å². The third kappa shape index (κ3) is 4.90. The predicted molar refractivity (Wildman–Crippen MR) is 71.0 cm³/mol. The number of benzene rings is 1. The average molecular weight is 239 g/mol. The monoisotopic (exact) mass is 239 g/mol. The first-order chi connectivity index (χ1) is 7.59. The SMILES string of the molecule is Cc1ccc(CNCCC(C)S(C)=O)cc1. The molecular weight excluding hydrogens is 218 g/mol. The van der Waals surface area contributed by atoms with E-state index >= 15 is 0 Å². The molecule has 2 atom stereocenters. The van der Waals surface area contributed by atoms with Gasteiger partial charge in [0.05, 0.1) is 0 Å². The fraction of sp³-hybridized carbons (Fsp3) is 0.538. The molecule has 0 bridgehead atoms. The second-order valence-electron chi connectivity index (χ2n) is 4.26. The molecule has 0 amide bonds. The zero-order valence-electron chi connectivity index (χ0n) is 10.3. The molecule has 0 heterocycles. The third-order valence-corrected chi connectivity index (χ3v) is 4.11. The van der Waals surface area contributed by atoms with Crippen LogP contribution in [0.1, 0.15) is 24.5 Å². The number of hydrogen-bond donors (Lipinski definition) is 1. The van der Waals surface area contributed by atoms with E-state index in [1.165, 1.54) is 11.1 Å². The molecule has 1 aromatic rings. The lowest BCUT2D eigenvalue weighted by Gasteiger charge is -2.09. The fourth-order valence-corrected chi connectivity index (χ4v) is 1.86. The first-order valence-corrected chi connectivity index (χ1v) is 7.30. The quantitative estimate of drug-likeness (QED) is 0.771. The molecule has 0 fully saturated rings. The molecule has 0 aromatic heterocycles. The smallest absolute Gasteiger partial charge is 0.0329 e. The summed E-state index contributed by atoms with van der Waals surface area (Å²) in [7, 11) is -0.701. The van der Waals surface area contributed by atoms with Gasteiger partial charge in [-0.3, -0.25) is 4.21 Å². The van der Waals surface area contributed by atoms with E-state index in [0.717, 1.165) is 19.5 Å². The van der Waals surface area contributed by atoms with Crippen LogP contribution >= 0.6 is 0 Å². The van der Waals surface area contributed by atoms with Gasteiger partial charge in [-0.2, -0.15) is 0 Å². The van der Waals surface area contributed by atoms with Crippen molar-refractivity contribution in [3.8, 4) is 0 Å². The number of nitrogens with one attached hydrogen (secondary N) is 1. The minimum atomic E-state index is -0.701. The molecule has 1 rings (SSSR count). The summed E-state index contributed by atoms with van der Waals surface area (Å²) < 4.78 is 11.1. The highest BCUT2D eigenvalue weighted by Gasteiger charge is 2.04. The Morgan fingerprint density at radius 3 is 2.50 bits per heavy atom. The lowest BCUT2D eigenvalue weighted by molar-refractivity contribution is 0.629. The number of hydrogen-bond acceptors (Lipinski definition) is 2. The van der Waals surface area contributed by atoms with Crippen LogP contribution in [0.15, 0.2) is 24.3 Å². The molecule has 0 saturated heterocycles. The maximum absolute atomic E-state index is 11.1. The second-order valence-corrected chi connectivity index (χ2v) is 6.06. The summed E-state index contributed by atoms with van der Waals surface area (Å²) in [6.07, 6.45) is 2.74. The molecule has 1 aromatic carbocycles. The van der Waals surface area contributed by atoms with Crippen LogP contribution in [0.2, 0.25) is 0 Å². The van der Waals surface area contributed by atoms with E-state index in [4.69, 9.17) is 0 Å². The van der Waals surface area contributed by atoms with Crippen LogP contribution in [0.4, 0.5) is 0 Å². The number of aryl methyl sites for hydroxylation is 1. The Morgan fingerprint density at radius 2 is 1.94 bits per heavy atom. The zero-order valence-corrected chi connectivity index (χ0v) is 11.1. The topological polar surface area (TPSA) is 29.1 Å². The van der Waals surface area contributed by atoms with Crippen LogP contribution in [0, 0.1) is 6.92 Å². The molecule has 0 spiro atoms. The van der Waals surface area contributed by atoms with Crippen molar-refractivity contribution in [2.75, 3.05) is 12.8 Å². The highest BCUT2D eigenvalue weighted by atomic mass is 32.2. The predicted octanol–water partition coefficient (Wildman–Crippen LogP) is 2.24. The minimum Gasteiger partial charge on any atom is -0.313 e.